The van der Waals surface area contributed by atoms with E-state index in [1.807, 2.05) is 37.3 Å². The summed E-state index contributed by atoms with van der Waals surface area (Å²) in [5, 5.41) is 12.4. The van der Waals surface area contributed by atoms with Crippen LogP contribution in [0.1, 0.15) is 37.8 Å². The van der Waals surface area contributed by atoms with Crippen molar-refractivity contribution in [3.8, 4) is 0 Å². The SMILES string of the molecule is C[C@@H](NC(=O)[C@@H]1[C@H]2CC[C@@H](C2)[C@@H]1C(=O)O)c1ccccc1. The molecule has 2 aliphatic carbocycles. The quantitative estimate of drug-likeness (QED) is 0.894. The van der Waals surface area contributed by atoms with Crippen LogP contribution in [0, 0.1) is 23.7 Å². The molecule has 5 atom stereocenters. The van der Waals surface area contributed by atoms with Gasteiger partial charge in [-0.05, 0) is 43.6 Å². The lowest BCUT2D eigenvalue weighted by Crippen LogP contribution is -2.42. The zero-order valence-electron chi connectivity index (χ0n) is 12.2. The zero-order chi connectivity index (χ0) is 15.0. The Morgan fingerprint density at radius 2 is 1.76 bits per heavy atom. The van der Waals surface area contributed by atoms with Crippen molar-refractivity contribution in [2.24, 2.45) is 23.7 Å². The molecule has 2 aliphatic rings. The maximum Gasteiger partial charge on any atom is 0.307 e. The summed E-state index contributed by atoms with van der Waals surface area (Å²) in [6.45, 7) is 1.94. The average molecular weight is 287 g/mol. The number of carbonyl (C=O) groups excluding carboxylic acids is 1. The van der Waals surface area contributed by atoms with Crippen molar-refractivity contribution in [2.45, 2.75) is 32.2 Å². The number of hydrogen-bond acceptors (Lipinski definition) is 2. The minimum atomic E-state index is -0.810. The van der Waals surface area contributed by atoms with E-state index in [0.29, 0.717) is 0 Å². The molecule has 4 heteroatoms. The van der Waals surface area contributed by atoms with Gasteiger partial charge in [0, 0.05) is 0 Å². The van der Waals surface area contributed by atoms with Gasteiger partial charge >= 0.3 is 5.97 Å². The third kappa shape index (κ3) is 2.55. The molecule has 3 rings (SSSR count). The number of amides is 1. The van der Waals surface area contributed by atoms with Gasteiger partial charge in [0.25, 0.3) is 0 Å². The normalized spacial score (nSPS) is 31.9. The fourth-order valence-corrected chi connectivity index (χ4v) is 4.16. The highest BCUT2D eigenvalue weighted by atomic mass is 16.4. The average Bonchev–Trinajstić information content (AvgIpc) is 3.08. The summed E-state index contributed by atoms with van der Waals surface area (Å²) in [5.74, 6) is -1.31. The molecule has 0 aromatic heterocycles. The fourth-order valence-electron chi connectivity index (χ4n) is 4.16. The van der Waals surface area contributed by atoms with Crippen LogP contribution in [0.2, 0.25) is 0 Å². The first kappa shape index (κ1) is 14.1. The van der Waals surface area contributed by atoms with Gasteiger partial charge in [0.2, 0.25) is 5.91 Å². The maximum atomic E-state index is 12.6. The number of nitrogens with one attached hydrogen (secondary N) is 1. The zero-order valence-corrected chi connectivity index (χ0v) is 12.2. The van der Waals surface area contributed by atoms with E-state index in [1.54, 1.807) is 0 Å². The molecule has 4 nitrogen and oxygen atoms in total. The highest BCUT2D eigenvalue weighted by Crippen LogP contribution is 2.52. The van der Waals surface area contributed by atoms with Crippen molar-refractivity contribution >= 4 is 11.9 Å². The Morgan fingerprint density at radius 3 is 2.38 bits per heavy atom. The third-order valence-electron chi connectivity index (χ3n) is 5.16. The molecule has 2 fully saturated rings. The molecule has 0 saturated heterocycles. The molecule has 2 saturated carbocycles. The van der Waals surface area contributed by atoms with Crippen molar-refractivity contribution in [1.82, 2.24) is 5.32 Å². The van der Waals surface area contributed by atoms with E-state index in [0.717, 1.165) is 24.8 Å². The summed E-state index contributed by atoms with van der Waals surface area (Å²) in [6.07, 6.45) is 2.85. The number of carboxylic acids is 1. The molecular formula is C17H21NO3. The number of benzene rings is 1. The van der Waals surface area contributed by atoms with Gasteiger partial charge in [-0.3, -0.25) is 9.59 Å². The number of hydrogen-bond donors (Lipinski definition) is 2. The molecule has 0 spiro atoms. The van der Waals surface area contributed by atoms with Crippen molar-refractivity contribution in [2.75, 3.05) is 0 Å². The smallest absolute Gasteiger partial charge is 0.307 e. The highest BCUT2D eigenvalue weighted by molar-refractivity contribution is 5.86. The van der Waals surface area contributed by atoms with Crippen LogP contribution in [-0.4, -0.2) is 17.0 Å². The molecule has 0 aliphatic heterocycles. The fraction of sp³-hybridized carbons (Fsp3) is 0.529. The monoisotopic (exact) mass is 287 g/mol. The Balaban J connectivity index is 1.72. The number of carbonyl (C=O) groups is 2. The van der Waals surface area contributed by atoms with Crippen molar-refractivity contribution in [3.05, 3.63) is 35.9 Å². The standard InChI is InChI=1S/C17H21NO3/c1-10(11-5-3-2-4-6-11)18-16(19)14-12-7-8-13(9-12)15(14)17(20)21/h2-6,10,12-15H,7-9H2,1H3,(H,18,19)(H,20,21)/t10-,12+,13+,14-,15+/m1/s1. The van der Waals surface area contributed by atoms with Gasteiger partial charge in [0.15, 0.2) is 0 Å². The van der Waals surface area contributed by atoms with Crippen LogP contribution >= 0.6 is 0 Å². The summed E-state index contributed by atoms with van der Waals surface area (Å²) in [6, 6.07) is 9.67. The Bertz CT molecular complexity index is 542. The lowest BCUT2D eigenvalue weighted by atomic mass is 9.78. The minimum Gasteiger partial charge on any atom is -0.481 e. The first-order valence-corrected chi connectivity index (χ1v) is 7.66. The molecule has 0 unspecified atom stereocenters. The van der Waals surface area contributed by atoms with Crippen LogP contribution < -0.4 is 5.32 Å². The van der Waals surface area contributed by atoms with E-state index in [-0.39, 0.29) is 29.7 Å². The maximum absolute atomic E-state index is 12.6. The predicted octanol–water partition coefficient (Wildman–Crippen LogP) is 2.61. The van der Waals surface area contributed by atoms with Crippen LogP contribution in [0.4, 0.5) is 0 Å². The van der Waals surface area contributed by atoms with E-state index in [9.17, 15) is 14.7 Å². The van der Waals surface area contributed by atoms with Gasteiger partial charge in [0.05, 0.1) is 17.9 Å². The van der Waals surface area contributed by atoms with Crippen LogP contribution in [-0.2, 0) is 9.59 Å². The summed E-state index contributed by atoms with van der Waals surface area (Å²) in [5.41, 5.74) is 1.04. The molecule has 21 heavy (non-hydrogen) atoms. The molecular weight excluding hydrogens is 266 g/mol. The summed E-state index contributed by atoms with van der Waals surface area (Å²) >= 11 is 0. The molecule has 0 heterocycles. The van der Waals surface area contributed by atoms with E-state index < -0.39 is 11.9 Å². The minimum absolute atomic E-state index is 0.0905. The predicted molar refractivity (Wildman–Crippen MR) is 78.4 cm³/mol. The molecule has 112 valence electrons. The van der Waals surface area contributed by atoms with E-state index in [4.69, 9.17) is 0 Å². The van der Waals surface area contributed by atoms with Gasteiger partial charge in [-0.15, -0.1) is 0 Å². The number of rotatable bonds is 4. The first-order chi connectivity index (χ1) is 10.1. The lowest BCUT2D eigenvalue weighted by molar-refractivity contribution is -0.149. The van der Waals surface area contributed by atoms with Crippen LogP contribution in [0.3, 0.4) is 0 Å². The van der Waals surface area contributed by atoms with Crippen molar-refractivity contribution < 1.29 is 14.7 Å². The van der Waals surface area contributed by atoms with Gasteiger partial charge in [0.1, 0.15) is 0 Å². The van der Waals surface area contributed by atoms with Gasteiger partial charge in [-0.25, -0.2) is 0 Å². The second kappa shape index (κ2) is 5.51. The second-order valence-corrected chi connectivity index (χ2v) is 6.36. The van der Waals surface area contributed by atoms with E-state index >= 15 is 0 Å². The Hall–Kier alpha value is -1.84. The molecule has 2 N–H and O–H groups in total. The van der Waals surface area contributed by atoms with E-state index in [1.165, 1.54) is 0 Å². The Labute approximate surface area is 124 Å². The van der Waals surface area contributed by atoms with E-state index in [2.05, 4.69) is 5.32 Å². The lowest BCUT2D eigenvalue weighted by Gasteiger charge is -2.28. The van der Waals surface area contributed by atoms with Gasteiger partial charge in [-0.1, -0.05) is 30.3 Å². The van der Waals surface area contributed by atoms with Crippen LogP contribution in [0.15, 0.2) is 30.3 Å². The van der Waals surface area contributed by atoms with Crippen LogP contribution in [0.25, 0.3) is 0 Å². The van der Waals surface area contributed by atoms with Crippen molar-refractivity contribution in [1.29, 1.82) is 0 Å². The number of aliphatic carboxylic acids is 1. The summed E-state index contributed by atoms with van der Waals surface area (Å²) < 4.78 is 0. The molecule has 1 amide bonds. The third-order valence-corrected chi connectivity index (χ3v) is 5.16. The van der Waals surface area contributed by atoms with Gasteiger partial charge < -0.3 is 10.4 Å². The first-order valence-electron chi connectivity index (χ1n) is 7.66. The van der Waals surface area contributed by atoms with Crippen LogP contribution in [0.5, 0.6) is 0 Å². The largest absolute Gasteiger partial charge is 0.481 e. The molecule has 1 aromatic rings. The topological polar surface area (TPSA) is 66.4 Å². The molecule has 0 radical (unpaired) electrons. The second-order valence-electron chi connectivity index (χ2n) is 6.36. The van der Waals surface area contributed by atoms with Gasteiger partial charge in [-0.2, -0.15) is 0 Å². The Kier molecular flexibility index (Phi) is 3.70. The molecule has 2 bridgehead atoms. The number of fused-ring (bicyclic) bond motifs is 2. The molecule has 1 aromatic carbocycles. The highest BCUT2D eigenvalue weighted by Gasteiger charge is 2.54. The Morgan fingerprint density at radius 1 is 1.14 bits per heavy atom. The van der Waals surface area contributed by atoms with Crippen molar-refractivity contribution in [3.63, 3.8) is 0 Å². The summed E-state index contributed by atoms with van der Waals surface area (Å²) in [4.78, 5) is 24.0. The summed E-state index contributed by atoms with van der Waals surface area (Å²) in [7, 11) is 0. The number of carboxylic acid groups (broad SMARTS) is 1.